The number of benzene rings is 2. The average Bonchev–Trinajstić information content (AvgIpc) is 2.29. The van der Waals surface area contributed by atoms with Crippen LogP contribution in [-0.4, -0.2) is 0 Å². The molecule has 0 saturated carbocycles. The van der Waals surface area contributed by atoms with Crippen molar-refractivity contribution in [2.24, 2.45) is 0 Å². The van der Waals surface area contributed by atoms with Gasteiger partial charge in [-0.3, -0.25) is 0 Å². The molecule has 1 nitrogen and oxygen atoms in total. The van der Waals surface area contributed by atoms with Crippen LogP contribution in [0.15, 0.2) is 48.5 Å². The minimum absolute atomic E-state index is 0.562. The molecule has 0 heterocycles. The molecule has 0 saturated heterocycles. The lowest BCUT2D eigenvalue weighted by atomic mass is 9.93. The summed E-state index contributed by atoms with van der Waals surface area (Å²) < 4.78 is 0. The van der Waals surface area contributed by atoms with E-state index in [2.05, 4.69) is 50.2 Å². The van der Waals surface area contributed by atoms with Gasteiger partial charge in [0.05, 0.1) is 0 Å². The first-order valence-electron chi connectivity index (χ1n) is 6.09. The molecule has 0 amide bonds. The first kappa shape index (κ1) is 11.7. The van der Waals surface area contributed by atoms with Crippen LogP contribution >= 0.6 is 0 Å². The maximum absolute atomic E-state index is 5.81. The molecule has 0 aliphatic rings. The van der Waals surface area contributed by atoms with Crippen LogP contribution in [0.3, 0.4) is 0 Å². The molecule has 2 rings (SSSR count). The third-order valence-electron chi connectivity index (χ3n) is 3.02. The molecule has 0 aliphatic carbocycles. The molecule has 2 N–H and O–H groups in total. The van der Waals surface area contributed by atoms with Crippen molar-refractivity contribution in [2.45, 2.75) is 26.2 Å². The van der Waals surface area contributed by atoms with Crippen LogP contribution in [0.2, 0.25) is 0 Å². The fourth-order valence-electron chi connectivity index (χ4n) is 2.18. The number of anilines is 1. The van der Waals surface area contributed by atoms with Gasteiger partial charge in [-0.15, -0.1) is 0 Å². The quantitative estimate of drug-likeness (QED) is 0.785. The summed E-state index contributed by atoms with van der Waals surface area (Å²) in [5.74, 6) is 0.562. The van der Waals surface area contributed by atoms with Crippen LogP contribution in [0.25, 0.3) is 0 Å². The highest BCUT2D eigenvalue weighted by molar-refractivity contribution is 5.43. The van der Waals surface area contributed by atoms with Gasteiger partial charge in [-0.1, -0.05) is 50.2 Å². The van der Waals surface area contributed by atoms with Gasteiger partial charge in [0.1, 0.15) is 0 Å². The van der Waals surface area contributed by atoms with Crippen molar-refractivity contribution in [3.63, 3.8) is 0 Å². The Balaban J connectivity index is 2.30. The molecule has 0 aromatic heterocycles. The second-order valence-electron chi connectivity index (χ2n) is 4.78. The molecule has 88 valence electrons. The van der Waals surface area contributed by atoms with E-state index < -0.39 is 0 Å². The van der Waals surface area contributed by atoms with Gasteiger partial charge in [0.25, 0.3) is 0 Å². The van der Waals surface area contributed by atoms with E-state index in [-0.39, 0.29) is 0 Å². The summed E-state index contributed by atoms with van der Waals surface area (Å²) in [6.07, 6.45) is 0.958. The van der Waals surface area contributed by atoms with Crippen LogP contribution < -0.4 is 5.73 Å². The number of hydrogen-bond donors (Lipinski definition) is 1. The summed E-state index contributed by atoms with van der Waals surface area (Å²) in [5, 5.41) is 0. The molecule has 17 heavy (non-hydrogen) atoms. The zero-order valence-electron chi connectivity index (χ0n) is 10.5. The van der Waals surface area contributed by atoms with E-state index in [4.69, 9.17) is 5.73 Å². The standard InChI is InChI=1S/C16H19N/c1-12(2)16-9-4-3-7-14(16)10-13-6-5-8-15(17)11-13/h3-9,11-12H,10,17H2,1-2H3. The fourth-order valence-corrected chi connectivity index (χ4v) is 2.18. The Morgan fingerprint density at radius 2 is 1.76 bits per heavy atom. The monoisotopic (exact) mass is 225 g/mol. The van der Waals surface area contributed by atoms with E-state index in [9.17, 15) is 0 Å². The van der Waals surface area contributed by atoms with Crippen molar-refractivity contribution >= 4 is 5.69 Å². The molecule has 0 aliphatic heterocycles. The predicted octanol–water partition coefficient (Wildman–Crippen LogP) is 3.98. The lowest BCUT2D eigenvalue weighted by Gasteiger charge is -2.12. The molecule has 0 atom stereocenters. The highest BCUT2D eigenvalue weighted by atomic mass is 14.5. The van der Waals surface area contributed by atoms with Crippen molar-refractivity contribution in [1.82, 2.24) is 0 Å². The maximum atomic E-state index is 5.81. The van der Waals surface area contributed by atoms with Crippen LogP contribution in [0.4, 0.5) is 5.69 Å². The summed E-state index contributed by atoms with van der Waals surface area (Å²) in [4.78, 5) is 0. The highest BCUT2D eigenvalue weighted by Gasteiger charge is 2.06. The lowest BCUT2D eigenvalue weighted by Crippen LogP contribution is -1.98. The first-order chi connectivity index (χ1) is 8.16. The second kappa shape index (κ2) is 5.05. The zero-order valence-corrected chi connectivity index (χ0v) is 10.5. The Bertz CT molecular complexity index is 500. The Morgan fingerprint density at radius 3 is 2.47 bits per heavy atom. The zero-order chi connectivity index (χ0) is 12.3. The van der Waals surface area contributed by atoms with E-state index in [1.54, 1.807) is 0 Å². The molecular formula is C16H19N. The van der Waals surface area contributed by atoms with Gasteiger partial charge in [0.2, 0.25) is 0 Å². The lowest BCUT2D eigenvalue weighted by molar-refractivity contribution is 0.848. The van der Waals surface area contributed by atoms with E-state index in [0.29, 0.717) is 5.92 Å². The molecule has 1 heteroatoms. The highest BCUT2D eigenvalue weighted by Crippen LogP contribution is 2.22. The molecule has 0 spiro atoms. The van der Waals surface area contributed by atoms with Gasteiger partial charge in [0, 0.05) is 5.69 Å². The summed E-state index contributed by atoms with van der Waals surface area (Å²) in [6, 6.07) is 16.8. The summed E-state index contributed by atoms with van der Waals surface area (Å²) in [5.41, 5.74) is 10.7. The molecule has 0 bridgehead atoms. The number of rotatable bonds is 3. The maximum Gasteiger partial charge on any atom is 0.0316 e. The normalized spacial score (nSPS) is 10.8. The van der Waals surface area contributed by atoms with Crippen LogP contribution in [0.1, 0.15) is 36.5 Å². The smallest absolute Gasteiger partial charge is 0.0316 e. The van der Waals surface area contributed by atoms with Gasteiger partial charge < -0.3 is 5.73 Å². The van der Waals surface area contributed by atoms with Gasteiger partial charge in [-0.25, -0.2) is 0 Å². The summed E-state index contributed by atoms with van der Waals surface area (Å²) in [7, 11) is 0. The van der Waals surface area contributed by atoms with Crippen LogP contribution in [0, 0.1) is 0 Å². The van der Waals surface area contributed by atoms with E-state index >= 15 is 0 Å². The molecule has 0 radical (unpaired) electrons. The third kappa shape index (κ3) is 2.88. The Morgan fingerprint density at radius 1 is 1.00 bits per heavy atom. The van der Waals surface area contributed by atoms with Gasteiger partial charge in [0.15, 0.2) is 0 Å². The largest absolute Gasteiger partial charge is 0.399 e. The second-order valence-corrected chi connectivity index (χ2v) is 4.78. The van der Waals surface area contributed by atoms with Crippen LogP contribution in [0.5, 0.6) is 0 Å². The molecule has 2 aromatic carbocycles. The van der Waals surface area contributed by atoms with Crippen LogP contribution in [-0.2, 0) is 6.42 Å². The minimum Gasteiger partial charge on any atom is -0.399 e. The Hall–Kier alpha value is -1.76. The molecular weight excluding hydrogens is 206 g/mol. The predicted molar refractivity (Wildman–Crippen MR) is 74.2 cm³/mol. The van der Waals surface area contributed by atoms with E-state index in [0.717, 1.165) is 12.1 Å². The number of hydrogen-bond acceptors (Lipinski definition) is 1. The Labute approximate surface area is 103 Å². The van der Waals surface area contributed by atoms with E-state index in [1.165, 1.54) is 16.7 Å². The summed E-state index contributed by atoms with van der Waals surface area (Å²) >= 11 is 0. The van der Waals surface area contributed by atoms with Gasteiger partial charge in [-0.05, 0) is 41.2 Å². The molecule has 0 unspecified atom stereocenters. The van der Waals surface area contributed by atoms with Crippen molar-refractivity contribution < 1.29 is 0 Å². The number of nitrogen functional groups attached to an aromatic ring is 1. The van der Waals surface area contributed by atoms with Gasteiger partial charge >= 0.3 is 0 Å². The fraction of sp³-hybridized carbons (Fsp3) is 0.250. The molecule has 0 fully saturated rings. The minimum atomic E-state index is 0.562. The Kier molecular flexibility index (Phi) is 3.48. The summed E-state index contributed by atoms with van der Waals surface area (Å²) in [6.45, 7) is 4.47. The van der Waals surface area contributed by atoms with Crippen molar-refractivity contribution in [2.75, 3.05) is 5.73 Å². The molecule has 2 aromatic rings. The SMILES string of the molecule is CC(C)c1ccccc1Cc1cccc(N)c1. The third-order valence-corrected chi connectivity index (χ3v) is 3.02. The first-order valence-corrected chi connectivity index (χ1v) is 6.09. The van der Waals surface area contributed by atoms with Crippen molar-refractivity contribution in [1.29, 1.82) is 0 Å². The van der Waals surface area contributed by atoms with Crippen molar-refractivity contribution in [3.05, 3.63) is 65.2 Å². The van der Waals surface area contributed by atoms with Crippen molar-refractivity contribution in [3.8, 4) is 0 Å². The topological polar surface area (TPSA) is 26.0 Å². The number of nitrogens with two attached hydrogens (primary N) is 1. The van der Waals surface area contributed by atoms with Gasteiger partial charge in [-0.2, -0.15) is 0 Å². The average molecular weight is 225 g/mol. The van der Waals surface area contributed by atoms with E-state index in [1.807, 2.05) is 12.1 Å².